The van der Waals surface area contributed by atoms with Gasteiger partial charge >= 0.3 is 0 Å². The average Bonchev–Trinajstić information content (AvgIpc) is 2.63. The highest BCUT2D eigenvalue weighted by atomic mass is 32.1. The second-order valence-electron chi connectivity index (χ2n) is 4.32. The van der Waals surface area contributed by atoms with E-state index in [-0.39, 0.29) is 6.04 Å². The number of hydrogen-bond donors (Lipinski definition) is 2. The molecule has 0 aliphatic carbocycles. The summed E-state index contributed by atoms with van der Waals surface area (Å²) < 4.78 is 0. The Kier molecular flexibility index (Phi) is 3.41. The molecule has 1 saturated heterocycles. The fraction of sp³-hybridized carbons (Fsp3) is 0.636. The largest absolute Gasteiger partial charge is 0.322 e. The first-order valence-electron chi connectivity index (χ1n) is 5.40. The molecule has 15 heavy (non-hydrogen) atoms. The molecule has 2 unspecified atom stereocenters. The van der Waals surface area contributed by atoms with E-state index in [0.29, 0.717) is 6.04 Å². The van der Waals surface area contributed by atoms with Crippen molar-refractivity contribution in [3.8, 4) is 0 Å². The van der Waals surface area contributed by atoms with Crippen molar-refractivity contribution < 1.29 is 0 Å². The maximum Gasteiger partial charge on any atom is 0.0560 e. The van der Waals surface area contributed by atoms with Crippen LogP contribution in [-0.2, 0) is 0 Å². The van der Waals surface area contributed by atoms with Crippen LogP contribution in [0.4, 0.5) is 0 Å². The van der Waals surface area contributed by atoms with E-state index in [2.05, 4.69) is 35.6 Å². The van der Waals surface area contributed by atoms with Gasteiger partial charge in [0.1, 0.15) is 0 Å². The van der Waals surface area contributed by atoms with E-state index in [4.69, 9.17) is 5.73 Å². The third-order valence-electron chi connectivity index (χ3n) is 3.05. The molecule has 1 aromatic heterocycles. The lowest BCUT2D eigenvalue weighted by Gasteiger charge is -2.34. The van der Waals surface area contributed by atoms with Crippen molar-refractivity contribution in [1.82, 2.24) is 10.2 Å². The number of nitrogens with zero attached hydrogens (tertiary/aromatic N) is 1. The van der Waals surface area contributed by atoms with E-state index in [1.54, 1.807) is 11.3 Å². The molecule has 0 spiro atoms. The van der Waals surface area contributed by atoms with E-state index < -0.39 is 0 Å². The Morgan fingerprint density at radius 2 is 2.47 bits per heavy atom. The number of nitrogens with one attached hydrogen (secondary N) is 1. The summed E-state index contributed by atoms with van der Waals surface area (Å²) in [5, 5.41) is 5.63. The number of thiophene rings is 1. The summed E-state index contributed by atoms with van der Waals surface area (Å²) in [4.78, 5) is 3.66. The van der Waals surface area contributed by atoms with E-state index in [9.17, 15) is 0 Å². The molecule has 0 amide bonds. The molecular weight excluding hydrogens is 206 g/mol. The molecule has 0 aromatic carbocycles. The maximum absolute atomic E-state index is 6.30. The minimum atomic E-state index is 0.132. The van der Waals surface area contributed by atoms with Crippen LogP contribution in [0, 0.1) is 6.92 Å². The van der Waals surface area contributed by atoms with Crippen LogP contribution < -0.4 is 11.1 Å². The van der Waals surface area contributed by atoms with Gasteiger partial charge in [-0.15, -0.1) is 11.3 Å². The third-order valence-corrected chi connectivity index (χ3v) is 4.17. The van der Waals surface area contributed by atoms with Gasteiger partial charge in [-0.25, -0.2) is 0 Å². The first-order valence-corrected chi connectivity index (χ1v) is 6.28. The van der Waals surface area contributed by atoms with E-state index in [1.165, 1.54) is 10.4 Å². The SMILES string of the molecule is Cc1ccsc1C(N)C1CN(C)CCN1. The van der Waals surface area contributed by atoms with Gasteiger partial charge in [-0.1, -0.05) is 0 Å². The van der Waals surface area contributed by atoms with Gasteiger partial charge in [-0.2, -0.15) is 0 Å². The van der Waals surface area contributed by atoms with Gasteiger partial charge in [0.2, 0.25) is 0 Å². The first-order chi connectivity index (χ1) is 7.18. The van der Waals surface area contributed by atoms with Gasteiger partial charge in [0.05, 0.1) is 6.04 Å². The van der Waals surface area contributed by atoms with Gasteiger partial charge in [-0.05, 0) is 31.0 Å². The minimum Gasteiger partial charge on any atom is -0.322 e. The quantitative estimate of drug-likeness (QED) is 0.788. The molecule has 0 bridgehead atoms. The number of likely N-dealkylation sites (N-methyl/N-ethyl adjacent to an activating group) is 1. The van der Waals surface area contributed by atoms with Gasteiger partial charge in [-0.3, -0.25) is 0 Å². The van der Waals surface area contributed by atoms with E-state index >= 15 is 0 Å². The molecule has 1 aliphatic heterocycles. The van der Waals surface area contributed by atoms with E-state index in [0.717, 1.165) is 19.6 Å². The van der Waals surface area contributed by atoms with Crippen LogP contribution in [0.3, 0.4) is 0 Å². The zero-order valence-corrected chi connectivity index (χ0v) is 10.2. The van der Waals surface area contributed by atoms with E-state index in [1.807, 2.05) is 0 Å². The topological polar surface area (TPSA) is 41.3 Å². The fourth-order valence-corrected chi connectivity index (χ4v) is 3.08. The second-order valence-corrected chi connectivity index (χ2v) is 5.26. The fourth-order valence-electron chi connectivity index (χ4n) is 2.08. The zero-order chi connectivity index (χ0) is 10.8. The van der Waals surface area contributed by atoms with Crippen LogP contribution in [0.5, 0.6) is 0 Å². The smallest absolute Gasteiger partial charge is 0.0560 e. The predicted molar refractivity (Wildman–Crippen MR) is 65.3 cm³/mol. The van der Waals surface area contributed by atoms with Crippen molar-refractivity contribution in [2.24, 2.45) is 5.73 Å². The Bertz CT molecular complexity index is 323. The first kappa shape index (κ1) is 11.1. The summed E-state index contributed by atoms with van der Waals surface area (Å²) in [5.41, 5.74) is 7.62. The highest BCUT2D eigenvalue weighted by Gasteiger charge is 2.25. The molecule has 3 N–H and O–H groups in total. The number of hydrogen-bond acceptors (Lipinski definition) is 4. The molecule has 1 aromatic rings. The van der Waals surface area contributed by atoms with Gasteiger partial charge < -0.3 is 16.0 Å². The Morgan fingerprint density at radius 1 is 1.67 bits per heavy atom. The summed E-state index contributed by atoms with van der Waals surface area (Å²) in [6.45, 7) is 5.34. The highest BCUT2D eigenvalue weighted by molar-refractivity contribution is 7.10. The zero-order valence-electron chi connectivity index (χ0n) is 9.36. The summed E-state index contributed by atoms with van der Waals surface area (Å²) in [5.74, 6) is 0. The van der Waals surface area contributed by atoms with Crippen LogP contribution >= 0.6 is 11.3 Å². The molecule has 0 saturated carbocycles. The number of piperazine rings is 1. The van der Waals surface area contributed by atoms with Crippen LogP contribution in [0.25, 0.3) is 0 Å². The Labute approximate surface area is 95.3 Å². The van der Waals surface area contributed by atoms with Gasteiger partial charge in [0.25, 0.3) is 0 Å². The van der Waals surface area contributed by atoms with Crippen molar-refractivity contribution in [2.45, 2.75) is 19.0 Å². The van der Waals surface area contributed by atoms with Crippen molar-refractivity contribution >= 4 is 11.3 Å². The van der Waals surface area contributed by atoms with Crippen molar-refractivity contribution in [2.75, 3.05) is 26.7 Å². The maximum atomic E-state index is 6.30. The van der Waals surface area contributed by atoms with Crippen LogP contribution in [0.2, 0.25) is 0 Å². The number of aryl methyl sites for hydroxylation is 1. The standard InChI is InChI=1S/C11H19N3S/c1-8-3-6-15-11(8)10(12)9-7-14(2)5-4-13-9/h3,6,9-10,13H,4-5,7,12H2,1-2H3. The molecule has 3 nitrogen and oxygen atoms in total. The minimum absolute atomic E-state index is 0.132. The Hall–Kier alpha value is -0.420. The van der Waals surface area contributed by atoms with Crippen molar-refractivity contribution in [1.29, 1.82) is 0 Å². The monoisotopic (exact) mass is 225 g/mol. The summed E-state index contributed by atoms with van der Waals surface area (Å²) in [7, 11) is 2.15. The molecular formula is C11H19N3S. The summed E-state index contributed by atoms with van der Waals surface area (Å²) >= 11 is 1.77. The molecule has 2 atom stereocenters. The number of rotatable bonds is 2. The normalized spacial score (nSPS) is 25.4. The van der Waals surface area contributed by atoms with Gasteiger partial charge in [0, 0.05) is 30.6 Å². The lowest BCUT2D eigenvalue weighted by molar-refractivity contribution is 0.220. The lowest BCUT2D eigenvalue weighted by Crippen LogP contribution is -2.53. The third kappa shape index (κ3) is 2.39. The molecule has 0 radical (unpaired) electrons. The Balaban J connectivity index is 2.07. The molecule has 1 aliphatic rings. The molecule has 2 rings (SSSR count). The highest BCUT2D eigenvalue weighted by Crippen LogP contribution is 2.25. The molecule has 2 heterocycles. The predicted octanol–water partition coefficient (Wildman–Crippen LogP) is 0.960. The Morgan fingerprint density at radius 3 is 3.07 bits per heavy atom. The van der Waals surface area contributed by atoms with Crippen molar-refractivity contribution in [3.63, 3.8) is 0 Å². The van der Waals surface area contributed by atoms with Gasteiger partial charge in [0.15, 0.2) is 0 Å². The number of nitrogens with two attached hydrogens (primary N) is 1. The molecule has 84 valence electrons. The van der Waals surface area contributed by atoms with Crippen molar-refractivity contribution in [3.05, 3.63) is 21.9 Å². The summed E-state index contributed by atoms with van der Waals surface area (Å²) in [6, 6.07) is 2.67. The molecule has 4 heteroatoms. The summed E-state index contributed by atoms with van der Waals surface area (Å²) in [6.07, 6.45) is 0. The molecule has 1 fully saturated rings. The lowest BCUT2D eigenvalue weighted by atomic mass is 10.0. The van der Waals surface area contributed by atoms with Crippen LogP contribution in [-0.4, -0.2) is 37.6 Å². The van der Waals surface area contributed by atoms with Crippen LogP contribution in [0.15, 0.2) is 11.4 Å². The average molecular weight is 225 g/mol. The van der Waals surface area contributed by atoms with Crippen LogP contribution in [0.1, 0.15) is 16.5 Å². The second kappa shape index (κ2) is 4.61.